The molecule has 5 heteroatoms. The van der Waals surface area contributed by atoms with Gasteiger partial charge in [-0.15, -0.1) is 0 Å². The van der Waals surface area contributed by atoms with E-state index in [2.05, 4.69) is 0 Å². The minimum Gasteiger partial charge on any atom is -0.492 e. The van der Waals surface area contributed by atoms with Crippen molar-refractivity contribution in [2.45, 2.75) is 12.6 Å². The van der Waals surface area contributed by atoms with E-state index in [0.29, 0.717) is 35.5 Å². The summed E-state index contributed by atoms with van der Waals surface area (Å²) in [7, 11) is 0. The molecule has 0 bridgehead atoms. The number of fused-ring (bicyclic) bond motifs is 1. The largest absolute Gasteiger partial charge is 0.492 e. The highest BCUT2D eigenvalue weighted by molar-refractivity contribution is 5.74. The number of benzene rings is 2. The second-order valence-electron chi connectivity index (χ2n) is 4.62. The third kappa shape index (κ3) is 2.24. The second-order valence-corrected chi connectivity index (χ2v) is 4.62. The summed E-state index contributed by atoms with van der Waals surface area (Å²) in [6, 6.07) is 7.51. The van der Waals surface area contributed by atoms with E-state index < -0.39 is 17.6 Å². The summed E-state index contributed by atoms with van der Waals surface area (Å²) in [5.41, 5.74) is 0.697. The quantitative estimate of drug-likeness (QED) is 0.702. The smallest absolute Gasteiger partial charge is 0.416 e. The lowest BCUT2D eigenvalue weighted by atomic mass is 9.97. The number of hydrogen-bond donors (Lipinski definition) is 0. The molecule has 0 fully saturated rings. The molecule has 0 unspecified atom stereocenters. The molecule has 1 heterocycles. The van der Waals surface area contributed by atoms with Crippen molar-refractivity contribution in [2.24, 2.45) is 0 Å². The Bertz CT molecular complexity index is 644. The maximum Gasteiger partial charge on any atom is 0.416 e. The summed E-state index contributed by atoms with van der Waals surface area (Å²) in [4.78, 5) is 0. The van der Waals surface area contributed by atoms with Crippen LogP contribution in [0.4, 0.5) is 17.6 Å². The molecule has 104 valence electrons. The van der Waals surface area contributed by atoms with Gasteiger partial charge < -0.3 is 4.74 Å². The standard InChI is InChI=1S/C15H10F4O/c16-12-3-1-9(2-4-12)13-8-11(15(17,18)19)7-10-5-6-20-14(10)13/h1-4,7-8H,5-6H2. The van der Waals surface area contributed by atoms with E-state index in [4.69, 9.17) is 4.74 Å². The van der Waals surface area contributed by atoms with Gasteiger partial charge in [0.15, 0.2) is 0 Å². The highest BCUT2D eigenvalue weighted by atomic mass is 19.4. The van der Waals surface area contributed by atoms with E-state index >= 15 is 0 Å². The molecule has 0 spiro atoms. The van der Waals surface area contributed by atoms with E-state index in [1.807, 2.05) is 0 Å². The number of halogens is 4. The van der Waals surface area contributed by atoms with Crippen LogP contribution in [-0.4, -0.2) is 6.61 Å². The molecule has 3 rings (SSSR count). The van der Waals surface area contributed by atoms with Crippen LogP contribution in [0, 0.1) is 5.82 Å². The minimum absolute atomic E-state index is 0.354. The molecule has 2 aromatic rings. The first-order valence-corrected chi connectivity index (χ1v) is 6.08. The lowest BCUT2D eigenvalue weighted by Crippen LogP contribution is -2.05. The second kappa shape index (κ2) is 4.51. The molecule has 0 atom stereocenters. The van der Waals surface area contributed by atoms with Crippen LogP contribution in [0.3, 0.4) is 0 Å². The van der Waals surface area contributed by atoms with Gasteiger partial charge in [-0.2, -0.15) is 13.2 Å². The minimum atomic E-state index is -4.41. The summed E-state index contributed by atoms with van der Waals surface area (Å²) < 4.78 is 57.1. The van der Waals surface area contributed by atoms with Gasteiger partial charge in [0.1, 0.15) is 11.6 Å². The van der Waals surface area contributed by atoms with Gasteiger partial charge in [0, 0.05) is 12.0 Å². The molecule has 20 heavy (non-hydrogen) atoms. The lowest BCUT2D eigenvalue weighted by molar-refractivity contribution is -0.137. The van der Waals surface area contributed by atoms with Gasteiger partial charge in [0.25, 0.3) is 0 Å². The highest BCUT2D eigenvalue weighted by Crippen LogP contribution is 2.42. The molecule has 1 aliphatic rings. The van der Waals surface area contributed by atoms with Crippen molar-refractivity contribution in [3.63, 3.8) is 0 Å². The number of alkyl halides is 3. The zero-order chi connectivity index (χ0) is 14.3. The van der Waals surface area contributed by atoms with E-state index in [1.165, 1.54) is 24.3 Å². The average molecular weight is 282 g/mol. The van der Waals surface area contributed by atoms with Gasteiger partial charge in [0.05, 0.1) is 12.2 Å². The number of ether oxygens (including phenoxy) is 1. The topological polar surface area (TPSA) is 9.23 Å². The Morgan fingerprint density at radius 1 is 1.00 bits per heavy atom. The summed E-state index contributed by atoms with van der Waals surface area (Å²) in [6.07, 6.45) is -3.96. The van der Waals surface area contributed by atoms with E-state index in [9.17, 15) is 17.6 Å². The monoisotopic (exact) mass is 282 g/mol. The van der Waals surface area contributed by atoms with Crippen LogP contribution in [0.1, 0.15) is 11.1 Å². The maximum atomic E-state index is 12.9. The molecule has 0 N–H and O–H groups in total. The molecule has 0 saturated heterocycles. The van der Waals surface area contributed by atoms with Crippen LogP contribution in [0.15, 0.2) is 36.4 Å². The van der Waals surface area contributed by atoms with Crippen molar-refractivity contribution in [1.82, 2.24) is 0 Å². The molecule has 0 aliphatic carbocycles. The van der Waals surface area contributed by atoms with Crippen LogP contribution < -0.4 is 4.74 Å². The third-order valence-corrected chi connectivity index (χ3v) is 3.27. The predicted octanol–water partition coefficient (Wildman–Crippen LogP) is 4.45. The Hall–Kier alpha value is -2.04. The van der Waals surface area contributed by atoms with Crippen LogP contribution in [0.25, 0.3) is 11.1 Å². The van der Waals surface area contributed by atoms with Gasteiger partial charge >= 0.3 is 6.18 Å². The summed E-state index contributed by atoms with van der Waals surface area (Å²) >= 11 is 0. The normalized spacial score (nSPS) is 14.0. The Morgan fingerprint density at radius 2 is 1.70 bits per heavy atom. The maximum absolute atomic E-state index is 12.9. The zero-order valence-electron chi connectivity index (χ0n) is 10.3. The highest BCUT2D eigenvalue weighted by Gasteiger charge is 2.33. The Kier molecular flexibility index (Phi) is 2.92. The fourth-order valence-electron chi connectivity index (χ4n) is 2.32. The zero-order valence-corrected chi connectivity index (χ0v) is 10.3. The van der Waals surface area contributed by atoms with Crippen molar-refractivity contribution >= 4 is 0 Å². The van der Waals surface area contributed by atoms with Crippen molar-refractivity contribution in [1.29, 1.82) is 0 Å². The fourth-order valence-corrected chi connectivity index (χ4v) is 2.32. The van der Waals surface area contributed by atoms with Crippen LogP contribution in [0.2, 0.25) is 0 Å². The Balaban J connectivity index is 2.19. The van der Waals surface area contributed by atoms with E-state index in [-0.39, 0.29) is 0 Å². The molecule has 1 nitrogen and oxygen atoms in total. The van der Waals surface area contributed by atoms with Gasteiger partial charge in [-0.3, -0.25) is 0 Å². The third-order valence-electron chi connectivity index (χ3n) is 3.27. The number of hydrogen-bond acceptors (Lipinski definition) is 1. The van der Waals surface area contributed by atoms with E-state index in [0.717, 1.165) is 12.1 Å². The summed E-state index contributed by atoms with van der Waals surface area (Å²) in [5.74, 6) is 0.0305. The molecular weight excluding hydrogens is 272 g/mol. The first kappa shape index (κ1) is 13.0. The lowest BCUT2D eigenvalue weighted by Gasteiger charge is -2.13. The summed E-state index contributed by atoms with van der Waals surface area (Å²) in [5, 5.41) is 0. The summed E-state index contributed by atoms with van der Waals surface area (Å²) in [6.45, 7) is 0.366. The predicted molar refractivity (Wildman–Crippen MR) is 66.0 cm³/mol. The van der Waals surface area contributed by atoms with Crippen LogP contribution in [-0.2, 0) is 12.6 Å². The Labute approximate surface area is 112 Å². The molecule has 0 radical (unpaired) electrons. The van der Waals surface area contributed by atoms with Gasteiger partial charge in [0.2, 0.25) is 0 Å². The molecule has 1 aliphatic heterocycles. The van der Waals surface area contributed by atoms with Crippen molar-refractivity contribution < 1.29 is 22.3 Å². The van der Waals surface area contributed by atoms with Crippen molar-refractivity contribution in [3.8, 4) is 16.9 Å². The van der Waals surface area contributed by atoms with Crippen molar-refractivity contribution in [3.05, 3.63) is 53.3 Å². The molecule has 2 aromatic carbocycles. The molecule has 0 aromatic heterocycles. The van der Waals surface area contributed by atoms with Gasteiger partial charge in [-0.1, -0.05) is 12.1 Å². The van der Waals surface area contributed by atoms with Gasteiger partial charge in [-0.05, 0) is 35.4 Å². The molecule has 0 amide bonds. The Morgan fingerprint density at radius 3 is 2.35 bits per heavy atom. The van der Waals surface area contributed by atoms with Crippen LogP contribution >= 0.6 is 0 Å². The molecular formula is C15H10F4O. The first-order valence-electron chi connectivity index (χ1n) is 6.08. The number of rotatable bonds is 1. The van der Waals surface area contributed by atoms with Crippen molar-refractivity contribution in [2.75, 3.05) is 6.61 Å². The van der Waals surface area contributed by atoms with Crippen LogP contribution in [0.5, 0.6) is 5.75 Å². The average Bonchev–Trinajstić information content (AvgIpc) is 2.85. The van der Waals surface area contributed by atoms with Gasteiger partial charge in [-0.25, -0.2) is 4.39 Å². The molecule has 0 saturated carbocycles. The van der Waals surface area contributed by atoms with E-state index in [1.54, 1.807) is 0 Å². The fraction of sp³-hybridized carbons (Fsp3) is 0.200. The first-order chi connectivity index (χ1) is 9.45. The SMILES string of the molecule is Fc1ccc(-c2cc(C(F)(F)F)cc3c2OCC3)cc1.